The molecular formula is C9H13N3O. The Morgan fingerprint density at radius 1 is 1.54 bits per heavy atom. The van der Waals surface area contributed by atoms with Crippen molar-refractivity contribution in [1.29, 1.82) is 0 Å². The first-order valence-electron chi connectivity index (χ1n) is 4.41. The number of nitrogen functional groups attached to an aromatic ring is 1. The van der Waals surface area contributed by atoms with Crippen LogP contribution in [0.25, 0.3) is 0 Å². The molecule has 4 heteroatoms. The molecule has 1 saturated heterocycles. The maximum atomic E-state index is 5.55. The quantitative estimate of drug-likeness (QED) is 0.707. The van der Waals surface area contributed by atoms with Crippen LogP contribution < -0.4 is 11.1 Å². The number of hydrogen-bond donors (Lipinski definition) is 2. The number of rotatable bonds is 2. The van der Waals surface area contributed by atoms with Gasteiger partial charge in [0.15, 0.2) is 0 Å². The number of nitrogens with two attached hydrogens (primary N) is 1. The maximum absolute atomic E-state index is 5.55. The molecular weight excluding hydrogens is 166 g/mol. The van der Waals surface area contributed by atoms with Crippen molar-refractivity contribution >= 4 is 11.6 Å². The predicted molar refractivity (Wildman–Crippen MR) is 51.5 cm³/mol. The Morgan fingerprint density at radius 3 is 3.15 bits per heavy atom. The summed E-state index contributed by atoms with van der Waals surface area (Å²) in [5, 5.41) is 3.27. The highest BCUT2D eigenvalue weighted by Crippen LogP contribution is 2.12. The lowest BCUT2D eigenvalue weighted by atomic mass is 10.2. The van der Waals surface area contributed by atoms with Gasteiger partial charge in [-0.05, 0) is 18.6 Å². The number of nitrogens with one attached hydrogen (secondary N) is 1. The second-order valence-electron chi connectivity index (χ2n) is 3.15. The van der Waals surface area contributed by atoms with Gasteiger partial charge in [-0.3, -0.25) is 0 Å². The molecule has 0 spiro atoms. The Kier molecular flexibility index (Phi) is 2.31. The van der Waals surface area contributed by atoms with Crippen LogP contribution in [0, 0.1) is 0 Å². The molecule has 3 N–H and O–H groups in total. The van der Waals surface area contributed by atoms with Crippen LogP contribution in [0.3, 0.4) is 0 Å². The van der Waals surface area contributed by atoms with Crippen molar-refractivity contribution in [2.45, 2.75) is 12.5 Å². The molecule has 1 atom stereocenters. The molecule has 0 amide bonds. The lowest BCUT2D eigenvalue weighted by Gasteiger charge is -2.10. The van der Waals surface area contributed by atoms with Crippen LogP contribution in [-0.2, 0) is 4.74 Å². The van der Waals surface area contributed by atoms with Crippen molar-refractivity contribution in [3.8, 4) is 0 Å². The topological polar surface area (TPSA) is 60.2 Å². The van der Waals surface area contributed by atoms with E-state index >= 15 is 0 Å². The van der Waals surface area contributed by atoms with Crippen LogP contribution in [0.15, 0.2) is 18.2 Å². The summed E-state index contributed by atoms with van der Waals surface area (Å²) in [5.41, 5.74) is 5.55. The normalized spacial score (nSPS) is 21.7. The van der Waals surface area contributed by atoms with Crippen LogP contribution >= 0.6 is 0 Å². The van der Waals surface area contributed by atoms with E-state index in [9.17, 15) is 0 Å². The number of pyridine rings is 1. The third-order valence-electron chi connectivity index (χ3n) is 2.05. The minimum atomic E-state index is 0.384. The van der Waals surface area contributed by atoms with E-state index in [1.165, 1.54) is 0 Å². The lowest BCUT2D eigenvalue weighted by molar-refractivity contribution is 0.195. The van der Waals surface area contributed by atoms with E-state index in [2.05, 4.69) is 10.3 Å². The van der Waals surface area contributed by atoms with E-state index in [1.807, 2.05) is 12.1 Å². The summed E-state index contributed by atoms with van der Waals surface area (Å²) in [4.78, 5) is 4.15. The van der Waals surface area contributed by atoms with Crippen molar-refractivity contribution < 1.29 is 4.74 Å². The monoisotopic (exact) mass is 179 g/mol. The average Bonchev–Trinajstić information content (AvgIpc) is 2.57. The Hall–Kier alpha value is -1.29. The van der Waals surface area contributed by atoms with Crippen LogP contribution in [0.5, 0.6) is 0 Å². The van der Waals surface area contributed by atoms with Gasteiger partial charge in [-0.2, -0.15) is 0 Å². The fraction of sp³-hybridized carbons (Fsp3) is 0.444. The Morgan fingerprint density at radius 2 is 2.46 bits per heavy atom. The van der Waals surface area contributed by atoms with E-state index in [-0.39, 0.29) is 0 Å². The third-order valence-corrected chi connectivity index (χ3v) is 2.05. The third kappa shape index (κ3) is 2.09. The van der Waals surface area contributed by atoms with Gasteiger partial charge in [-0.15, -0.1) is 0 Å². The highest BCUT2D eigenvalue weighted by Gasteiger charge is 2.15. The van der Waals surface area contributed by atoms with E-state index in [4.69, 9.17) is 10.5 Å². The summed E-state index contributed by atoms with van der Waals surface area (Å²) in [5.74, 6) is 1.37. The molecule has 1 aromatic heterocycles. The highest BCUT2D eigenvalue weighted by molar-refractivity contribution is 5.42. The van der Waals surface area contributed by atoms with E-state index in [1.54, 1.807) is 6.07 Å². The summed E-state index contributed by atoms with van der Waals surface area (Å²) < 4.78 is 5.24. The summed E-state index contributed by atoms with van der Waals surface area (Å²) in [6.45, 7) is 1.59. The molecule has 2 heterocycles. The molecule has 1 aromatic rings. The molecule has 0 saturated carbocycles. The summed E-state index contributed by atoms with van der Waals surface area (Å²) in [6.07, 6.45) is 1.04. The summed E-state index contributed by atoms with van der Waals surface area (Å²) in [7, 11) is 0. The van der Waals surface area contributed by atoms with Gasteiger partial charge in [0.05, 0.1) is 12.6 Å². The largest absolute Gasteiger partial charge is 0.384 e. The zero-order valence-electron chi connectivity index (χ0n) is 7.36. The molecule has 0 aliphatic carbocycles. The van der Waals surface area contributed by atoms with Gasteiger partial charge < -0.3 is 15.8 Å². The molecule has 1 aliphatic rings. The van der Waals surface area contributed by atoms with Crippen molar-refractivity contribution in [1.82, 2.24) is 4.98 Å². The lowest BCUT2D eigenvalue weighted by Crippen LogP contribution is -2.19. The standard InChI is InChI=1S/C9H13N3O/c10-8-2-1-3-9(12-8)11-7-4-5-13-6-7/h1-3,7H,4-6H2,(H3,10,11,12). The minimum Gasteiger partial charge on any atom is -0.384 e. The molecule has 1 aliphatic heterocycles. The van der Waals surface area contributed by atoms with Crippen LogP contribution in [-0.4, -0.2) is 24.2 Å². The fourth-order valence-corrected chi connectivity index (χ4v) is 1.39. The second kappa shape index (κ2) is 3.62. The second-order valence-corrected chi connectivity index (χ2v) is 3.15. The minimum absolute atomic E-state index is 0.384. The smallest absolute Gasteiger partial charge is 0.128 e. The Bertz CT molecular complexity index is 284. The molecule has 4 nitrogen and oxygen atoms in total. The summed E-state index contributed by atoms with van der Waals surface area (Å²) >= 11 is 0. The van der Waals surface area contributed by atoms with Crippen LogP contribution in [0.1, 0.15) is 6.42 Å². The number of nitrogens with zero attached hydrogens (tertiary/aromatic N) is 1. The van der Waals surface area contributed by atoms with Crippen LogP contribution in [0.4, 0.5) is 11.6 Å². The molecule has 13 heavy (non-hydrogen) atoms. The summed E-state index contributed by atoms with van der Waals surface area (Å²) in [6, 6.07) is 5.96. The van der Waals surface area contributed by atoms with Gasteiger partial charge in [0.1, 0.15) is 11.6 Å². The van der Waals surface area contributed by atoms with Gasteiger partial charge in [0, 0.05) is 6.61 Å². The Labute approximate surface area is 77.1 Å². The zero-order valence-corrected chi connectivity index (χ0v) is 7.36. The number of ether oxygens (including phenoxy) is 1. The first-order chi connectivity index (χ1) is 6.34. The SMILES string of the molecule is Nc1cccc(NC2CCOC2)n1. The number of hydrogen-bond acceptors (Lipinski definition) is 4. The number of anilines is 2. The van der Waals surface area contributed by atoms with Gasteiger partial charge >= 0.3 is 0 Å². The van der Waals surface area contributed by atoms with Gasteiger partial charge in [-0.25, -0.2) is 4.98 Å². The average molecular weight is 179 g/mol. The van der Waals surface area contributed by atoms with Crippen LogP contribution in [0.2, 0.25) is 0 Å². The molecule has 0 radical (unpaired) electrons. The van der Waals surface area contributed by atoms with Crippen molar-refractivity contribution in [2.75, 3.05) is 24.3 Å². The van der Waals surface area contributed by atoms with Crippen molar-refractivity contribution in [2.24, 2.45) is 0 Å². The first kappa shape index (κ1) is 8.31. The van der Waals surface area contributed by atoms with Gasteiger partial charge in [0.25, 0.3) is 0 Å². The zero-order chi connectivity index (χ0) is 9.10. The van der Waals surface area contributed by atoms with Crippen molar-refractivity contribution in [3.05, 3.63) is 18.2 Å². The van der Waals surface area contributed by atoms with Crippen molar-refractivity contribution in [3.63, 3.8) is 0 Å². The molecule has 1 unspecified atom stereocenters. The van der Waals surface area contributed by atoms with E-state index < -0.39 is 0 Å². The fourth-order valence-electron chi connectivity index (χ4n) is 1.39. The van der Waals surface area contributed by atoms with E-state index in [0.29, 0.717) is 11.9 Å². The molecule has 70 valence electrons. The highest BCUT2D eigenvalue weighted by atomic mass is 16.5. The van der Waals surface area contributed by atoms with Gasteiger partial charge in [-0.1, -0.05) is 6.07 Å². The molecule has 0 aromatic carbocycles. The molecule has 1 fully saturated rings. The predicted octanol–water partition coefficient (Wildman–Crippen LogP) is 0.865. The number of aromatic nitrogens is 1. The molecule has 2 rings (SSSR count). The van der Waals surface area contributed by atoms with Gasteiger partial charge in [0.2, 0.25) is 0 Å². The van der Waals surface area contributed by atoms with E-state index in [0.717, 1.165) is 25.5 Å². The maximum Gasteiger partial charge on any atom is 0.128 e. The first-order valence-corrected chi connectivity index (χ1v) is 4.41. The molecule has 0 bridgehead atoms. The Balaban J connectivity index is 2.00.